The van der Waals surface area contributed by atoms with Gasteiger partial charge in [-0.3, -0.25) is 4.99 Å². The third kappa shape index (κ3) is 5.19. The van der Waals surface area contributed by atoms with E-state index >= 15 is 0 Å². The highest BCUT2D eigenvalue weighted by Crippen LogP contribution is 2.20. The van der Waals surface area contributed by atoms with Gasteiger partial charge < -0.3 is 19.9 Å². The number of hydrogen-bond acceptors (Lipinski definition) is 4. The first-order valence-electron chi connectivity index (χ1n) is 10.7. The molecule has 4 rings (SSSR count). The van der Waals surface area contributed by atoms with Crippen molar-refractivity contribution in [2.75, 3.05) is 38.1 Å². The molecule has 154 valence electrons. The molecule has 0 amide bonds. The number of nitrogens with one attached hydrogen (secondary N) is 1. The van der Waals surface area contributed by atoms with Gasteiger partial charge in [-0.25, -0.2) is 4.98 Å². The lowest BCUT2D eigenvalue weighted by Crippen LogP contribution is -2.47. The second-order valence-corrected chi connectivity index (χ2v) is 7.73. The molecule has 6 nitrogen and oxygen atoms in total. The van der Waals surface area contributed by atoms with Crippen molar-refractivity contribution in [1.82, 2.24) is 15.2 Å². The summed E-state index contributed by atoms with van der Waals surface area (Å²) in [6.07, 6.45) is 6.73. The maximum Gasteiger partial charge on any atom is 0.193 e. The first-order valence-corrected chi connectivity index (χ1v) is 10.7. The summed E-state index contributed by atoms with van der Waals surface area (Å²) in [5, 5.41) is 3.53. The molecule has 29 heavy (non-hydrogen) atoms. The highest BCUT2D eigenvalue weighted by molar-refractivity contribution is 5.80. The number of guanidine groups is 1. The van der Waals surface area contributed by atoms with Crippen molar-refractivity contribution >= 4 is 11.8 Å². The fraction of sp³-hybridized carbons (Fsp3) is 0.478. The summed E-state index contributed by atoms with van der Waals surface area (Å²) >= 11 is 0. The topological polar surface area (TPSA) is 53.0 Å². The number of benzene rings is 1. The molecule has 0 spiro atoms. The summed E-state index contributed by atoms with van der Waals surface area (Å²) in [5.41, 5.74) is 1.24. The van der Waals surface area contributed by atoms with E-state index < -0.39 is 0 Å². The standard InChI is InChI=1S/C23H31N5O/c1-24-23(26-18-19-9-12-25-22(17-19)27-13-5-6-14-27)28-15-10-21(11-16-28)29-20-7-3-2-4-8-20/h2-4,7-9,12,17,21H,5-6,10-11,13-16,18H2,1H3,(H,24,26). The van der Waals surface area contributed by atoms with Crippen LogP contribution in [0.25, 0.3) is 0 Å². The van der Waals surface area contributed by atoms with Gasteiger partial charge in [0.25, 0.3) is 0 Å². The third-order valence-corrected chi connectivity index (χ3v) is 5.69. The van der Waals surface area contributed by atoms with Crippen molar-refractivity contribution in [3.8, 4) is 5.75 Å². The summed E-state index contributed by atoms with van der Waals surface area (Å²) in [5.74, 6) is 3.01. The van der Waals surface area contributed by atoms with E-state index in [0.717, 1.165) is 63.1 Å². The van der Waals surface area contributed by atoms with Gasteiger partial charge in [-0.05, 0) is 42.7 Å². The molecular weight excluding hydrogens is 362 g/mol. The maximum absolute atomic E-state index is 6.11. The smallest absolute Gasteiger partial charge is 0.193 e. The van der Waals surface area contributed by atoms with E-state index in [1.165, 1.54) is 18.4 Å². The molecule has 1 aromatic carbocycles. The van der Waals surface area contributed by atoms with Gasteiger partial charge in [0.2, 0.25) is 0 Å². The fourth-order valence-electron chi connectivity index (χ4n) is 4.08. The SMILES string of the molecule is CN=C(NCc1ccnc(N2CCCC2)c1)N1CCC(Oc2ccccc2)CC1. The van der Waals surface area contributed by atoms with Gasteiger partial charge in [0, 0.05) is 58.8 Å². The number of anilines is 1. The van der Waals surface area contributed by atoms with Crippen LogP contribution in [-0.2, 0) is 6.54 Å². The van der Waals surface area contributed by atoms with Crippen LogP contribution in [0.1, 0.15) is 31.2 Å². The number of ether oxygens (including phenoxy) is 1. The summed E-state index contributed by atoms with van der Waals surface area (Å²) < 4.78 is 6.11. The second kappa shape index (κ2) is 9.63. The zero-order chi connectivity index (χ0) is 19.9. The number of piperidine rings is 1. The van der Waals surface area contributed by atoms with Gasteiger partial charge in [0.1, 0.15) is 17.7 Å². The molecule has 2 aromatic rings. The van der Waals surface area contributed by atoms with Gasteiger partial charge in [-0.2, -0.15) is 0 Å². The third-order valence-electron chi connectivity index (χ3n) is 5.69. The van der Waals surface area contributed by atoms with Crippen molar-refractivity contribution in [2.45, 2.75) is 38.3 Å². The summed E-state index contributed by atoms with van der Waals surface area (Å²) in [4.78, 5) is 13.7. The van der Waals surface area contributed by atoms with Crippen LogP contribution in [0, 0.1) is 0 Å². The molecule has 0 bridgehead atoms. The predicted molar refractivity (Wildman–Crippen MR) is 118 cm³/mol. The van der Waals surface area contributed by atoms with Crippen molar-refractivity contribution < 1.29 is 4.74 Å². The molecule has 2 saturated heterocycles. The molecular formula is C23H31N5O. The second-order valence-electron chi connectivity index (χ2n) is 7.73. The summed E-state index contributed by atoms with van der Waals surface area (Å²) in [7, 11) is 1.86. The van der Waals surface area contributed by atoms with E-state index in [9.17, 15) is 0 Å². The Hall–Kier alpha value is -2.76. The van der Waals surface area contributed by atoms with E-state index in [0.29, 0.717) is 0 Å². The van der Waals surface area contributed by atoms with E-state index in [1.807, 2.05) is 43.6 Å². The number of pyridine rings is 1. The van der Waals surface area contributed by atoms with E-state index in [4.69, 9.17) is 4.74 Å². The molecule has 6 heteroatoms. The van der Waals surface area contributed by atoms with Gasteiger partial charge in [-0.15, -0.1) is 0 Å². The van der Waals surface area contributed by atoms with Crippen LogP contribution in [0.2, 0.25) is 0 Å². The van der Waals surface area contributed by atoms with Crippen molar-refractivity contribution in [2.24, 2.45) is 4.99 Å². The minimum Gasteiger partial charge on any atom is -0.490 e. The highest BCUT2D eigenvalue weighted by atomic mass is 16.5. The van der Waals surface area contributed by atoms with Crippen LogP contribution in [0.4, 0.5) is 5.82 Å². The zero-order valence-corrected chi connectivity index (χ0v) is 17.3. The first kappa shape index (κ1) is 19.6. The maximum atomic E-state index is 6.11. The van der Waals surface area contributed by atoms with Crippen LogP contribution in [0.5, 0.6) is 5.75 Å². The van der Waals surface area contributed by atoms with Gasteiger partial charge >= 0.3 is 0 Å². The quantitative estimate of drug-likeness (QED) is 0.624. The van der Waals surface area contributed by atoms with Crippen LogP contribution in [0.3, 0.4) is 0 Å². The number of para-hydroxylation sites is 1. The first-order chi connectivity index (χ1) is 14.3. The van der Waals surface area contributed by atoms with Gasteiger partial charge in [0.15, 0.2) is 5.96 Å². The lowest BCUT2D eigenvalue weighted by molar-refractivity contribution is 0.129. The molecule has 1 aromatic heterocycles. The number of aromatic nitrogens is 1. The van der Waals surface area contributed by atoms with Crippen LogP contribution in [0.15, 0.2) is 53.7 Å². The normalized spacial score (nSPS) is 18.2. The number of aliphatic imine (C=N–C) groups is 1. The number of hydrogen-bond donors (Lipinski definition) is 1. The van der Waals surface area contributed by atoms with E-state index in [2.05, 4.69) is 37.2 Å². The lowest BCUT2D eigenvalue weighted by Gasteiger charge is -2.34. The molecule has 0 unspecified atom stereocenters. The molecule has 0 radical (unpaired) electrons. The molecule has 2 aliphatic rings. The molecule has 2 fully saturated rings. The average Bonchev–Trinajstić information content (AvgIpc) is 3.31. The lowest BCUT2D eigenvalue weighted by atomic mass is 10.1. The molecule has 0 saturated carbocycles. The summed E-state index contributed by atoms with van der Waals surface area (Å²) in [6.45, 7) is 4.90. The van der Waals surface area contributed by atoms with Crippen LogP contribution < -0.4 is 15.0 Å². The number of rotatable bonds is 5. The predicted octanol–water partition coefficient (Wildman–Crippen LogP) is 3.30. The van der Waals surface area contributed by atoms with Crippen LogP contribution in [-0.4, -0.2) is 55.2 Å². The highest BCUT2D eigenvalue weighted by Gasteiger charge is 2.22. The Morgan fingerprint density at radius 2 is 1.86 bits per heavy atom. The van der Waals surface area contributed by atoms with Gasteiger partial charge in [0.05, 0.1) is 0 Å². The van der Waals surface area contributed by atoms with Crippen molar-refractivity contribution in [3.05, 3.63) is 54.2 Å². The van der Waals surface area contributed by atoms with Gasteiger partial charge in [-0.1, -0.05) is 18.2 Å². The minimum absolute atomic E-state index is 0.273. The van der Waals surface area contributed by atoms with Crippen molar-refractivity contribution in [1.29, 1.82) is 0 Å². The zero-order valence-electron chi connectivity index (χ0n) is 17.3. The average molecular weight is 394 g/mol. The Labute approximate surface area is 173 Å². The van der Waals surface area contributed by atoms with Crippen LogP contribution >= 0.6 is 0 Å². The molecule has 0 aliphatic carbocycles. The summed E-state index contributed by atoms with van der Waals surface area (Å²) in [6, 6.07) is 14.4. The Balaban J connectivity index is 1.27. The molecule has 2 aliphatic heterocycles. The monoisotopic (exact) mass is 393 g/mol. The Morgan fingerprint density at radius 1 is 1.10 bits per heavy atom. The van der Waals surface area contributed by atoms with Crippen molar-refractivity contribution in [3.63, 3.8) is 0 Å². The minimum atomic E-state index is 0.273. The Morgan fingerprint density at radius 3 is 2.59 bits per heavy atom. The Kier molecular flexibility index (Phi) is 6.49. The fourth-order valence-corrected chi connectivity index (χ4v) is 4.08. The molecule has 0 atom stereocenters. The molecule has 1 N–H and O–H groups in total. The largest absolute Gasteiger partial charge is 0.490 e. The van der Waals surface area contributed by atoms with E-state index in [-0.39, 0.29) is 6.10 Å². The molecule has 3 heterocycles. The van der Waals surface area contributed by atoms with E-state index in [1.54, 1.807) is 0 Å². The Bertz CT molecular complexity index is 796. The number of likely N-dealkylation sites (tertiary alicyclic amines) is 1. The number of nitrogens with zero attached hydrogens (tertiary/aromatic N) is 4.